The number of nitrogens with zero attached hydrogens (tertiary/aromatic N) is 2. The number of H-pyrrole nitrogens is 1. The molecule has 1 fully saturated rings. The van der Waals surface area contributed by atoms with E-state index in [1.165, 1.54) is 11.3 Å². The third-order valence-corrected chi connectivity index (χ3v) is 3.77. The maximum absolute atomic E-state index is 11.9. The Morgan fingerprint density at radius 3 is 3.24 bits per heavy atom. The molecule has 3 rings (SSSR count). The Morgan fingerprint density at radius 2 is 2.29 bits per heavy atom. The Balaban J connectivity index is 2.01. The molecule has 3 heterocycles. The molecule has 90 valence electrons. The molecule has 0 atom stereocenters. The van der Waals surface area contributed by atoms with E-state index in [0.29, 0.717) is 11.3 Å². The molecule has 1 saturated heterocycles. The zero-order chi connectivity index (χ0) is 11.7. The van der Waals surface area contributed by atoms with Gasteiger partial charge in [-0.05, 0) is 24.4 Å². The molecule has 0 aromatic carbocycles. The van der Waals surface area contributed by atoms with Crippen LogP contribution in [0.15, 0.2) is 16.2 Å². The van der Waals surface area contributed by atoms with Crippen molar-refractivity contribution >= 4 is 27.5 Å². The van der Waals surface area contributed by atoms with E-state index in [9.17, 15) is 4.79 Å². The van der Waals surface area contributed by atoms with Crippen LogP contribution in [0.4, 0.5) is 5.95 Å². The monoisotopic (exact) mass is 250 g/mol. The zero-order valence-corrected chi connectivity index (χ0v) is 10.2. The molecule has 1 aliphatic heterocycles. The summed E-state index contributed by atoms with van der Waals surface area (Å²) < 4.78 is 0. The molecular formula is C11H14N4OS. The van der Waals surface area contributed by atoms with E-state index in [0.717, 1.165) is 37.4 Å². The molecule has 0 radical (unpaired) electrons. The van der Waals surface area contributed by atoms with Crippen LogP contribution in [-0.4, -0.2) is 36.1 Å². The molecule has 6 heteroatoms. The van der Waals surface area contributed by atoms with E-state index >= 15 is 0 Å². The number of aromatic nitrogens is 2. The van der Waals surface area contributed by atoms with Crippen LogP contribution in [0.2, 0.25) is 0 Å². The fourth-order valence-corrected chi connectivity index (χ4v) is 2.82. The second kappa shape index (κ2) is 4.46. The van der Waals surface area contributed by atoms with Crippen molar-refractivity contribution in [2.45, 2.75) is 6.42 Å². The SMILES string of the molecule is O=c1[nH]c(N2CCCNCC2)nc2sccc12. The Bertz CT molecular complexity index is 568. The van der Waals surface area contributed by atoms with Crippen LogP contribution in [-0.2, 0) is 0 Å². The molecule has 17 heavy (non-hydrogen) atoms. The van der Waals surface area contributed by atoms with Crippen molar-refractivity contribution in [1.82, 2.24) is 15.3 Å². The van der Waals surface area contributed by atoms with E-state index < -0.39 is 0 Å². The number of aromatic amines is 1. The fraction of sp³-hybridized carbons (Fsp3) is 0.455. The molecule has 2 aromatic heterocycles. The summed E-state index contributed by atoms with van der Waals surface area (Å²) in [5, 5.41) is 5.93. The minimum atomic E-state index is -0.0385. The van der Waals surface area contributed by atoms with Gasteiger partial charge in [0.25, 0.3) is 5.56 Å². The molecule has 0 aliphatic carbocycles. The molecule has 0 saturated carbocycles. The fourth-order valence-electron chi connectivity index (χ4n) is 2.06. The second-order valence-electron chi connectivity index (χ2n) is 4.12. The van der Waals surface area contributed by atoms with Gasteiger partial charge in [-0.15, -0.1) is 11.3 Å². The average Bonchev–Trinajstić information content (AvgIpc) is 2.63. The van der Waals surface area contributed by atoms with Gasteiger partial charge in [-0.25, -0.2) is 4.98 Å². The molecule has 0 bridgehead atoms. The van der Waals surface area contributed by atoms with Gasteiger partial charge in [0.2, 0.25) is 5.95 Å². The van der Waals surface area contributed by atoms with Crippen LogP contribution in [0.1, 0.15) is 6.42 Å². The number of anilines is 1. The molecule has 2 aromatic rings. The van der Waals surface area contributed by atoms with Crippen LogP contribution >= 0.6 is 11.3 Å². The van der Waals surface area contributed by atoms with Crippen LogP contribution in [0, 0.1) is 0 Å². The summed E-state index contributed by atoms with van der Waals surface area (Å²) in [6.45, 7) is 3.79. The summed E-state index contributed by atoms with van der Waals surface area (Å²) >= 11 is 1.51. The number of hydrogen-bond acceptors (Lipinski definition) is 5. The smallest absolute Gasteiger partial charge is 0.261 e. The lowest BCUT2D eigenvalue weighted by molar-refractivity contribution is 0.724. The van der Waals surface area contributed by atoms with Gasteiger partial charge in [-0.3, -0.25) is 9.78 Å². The highest BCUT2D eigenvalue weighted by molar-refractivity contribution is 7.16. The molecule has 1 aliphatic rings. The zero-order valence-electron chi connectivity index (χ0n) is 9.40. The Hall–Kier alpha value is -1.40. The predicted molar refractivity (Wildman–Crippen MR) is 69.9 cm³/mol. The van der Waals surface area contributed by atoms with Gasteiger partial charge in [-0.1, -0.05) is 0 Å². The second-order valence-corrected chi connectivity index (χ2v) is 5.01. The summed E-state index contributed by atoms with van der Waals surface area (Å²) in [5.41, 5.74) is -0.0385. The minimum absolute atomic E-state index is 0.0385. The molecule has 0 amide bonds. The Kier molecular flexibility index (Phi) is 2.82. The lowest BCUT2D eigenvalue weighted by Crippen LogP contribution is -2.30. The number of thiophene rings is 1. The minimum Gasteiger partial charge on any atom is -0.341 e. The number of rotatable bonds is 1. The van der Waals surface area contributed by atoms with Crippen LogP contribution in [0.25, 0.3) is 10.2 Å². The quantitative estimate of drug-likeness (QED) is 0.785. The van der Waals surface area contributed by atoms with Gasteiger partial charge in [0.05, 0.1) is 5.39 Å². The highest BCUT2D eigenvalue weighted by atomic mass is 32.1. The van der Waals surface area contributed by atoms with Crippen molar-refractivity contribution in [3.63, 3.8) is 0 Å². The van der Waals surface area contributed by atoms with Crippen molar-refractivity contribution < 1.29 is 0 Å². The summed E-state index contributed by atoms with van der Waals surface area (Å²) in [5.74, 6) is 0.702. The number of nitrogens with one attached hydrogen (secondary N) is 2. The first-order valence-electron chi connectivity index (χ1n) is 5.78. The van der Waals surface area contributed by atoms with Crippen molar-refractivity contribution in [1.29, 1.82) is 0 Å². The lowest BCUT2D eigenvalue weighted by atomic mass is 10.4. The standard InChI is InChI=1S/C11H14N4OS/c16-9-8-2-7-17-10(8)14-11(13-9)15-5-1-3-12-4-6-15/h2,7,12H,1,3-6H2,(H,13,14,16). The Labute approximate surface area is 102 Å². The van der Waals surface area contributed by atoms with Gasteiger partial charge in [0.1, 0.15) is 4.83 Å². The van der Waals surface area contributed by atoms with Crippen LogP contribution in [0.3, 0.4) is 0 Å². The highest BCUT2D eigenvalue weighted by Gasteiger charge is 2.13. The maximum Gasteiger partial charge on any atom is 0.261 e. The summed E-state index contributed by atoms with van der Waals surface area (Å²) in [6.07, 6.45) is 1.08. The molecule has 5 nitrogen and oxygen atoms in total. The third kappa shape index (κ3) is 2.05. The van der Waals surface area contributed by atoms with Crippen LogP contribution in [0.5, 0.6) is 0 Å². The van der Waals surface area contributed by atoms with Gasteiger partial charge in [0, 0.05) is 19.6 Å². The topological polar surface area (TPSA) is 61.0 Å². The van der Waals surface area contributed by atoms with E-state index in [1.807, 2.05) is 11.4 Å². The summed E-state index contributed by atoms with van der Waals surface area (Å²) in [6, 6.07) is 1.82. The first-order chi connectivity index (χ1) is 8.34. The summed E-state index contributed by atoms with van der Waals surface area (Å²) in [4.78, 5) is 22.2. The molecule has 2 N–H and O–H groups in total. The molecular weight excluding hydrogens is 236 g/mol. The summed E-state index contributed by atoms with van der Waals surface area (Å²) in [7, 11) is 0. The van der Waals surface area contributed by atoms with Crippen molar-refractivity contribution in [3.05, 3.63) is 21.8 Å². The van der Waals surface area contributed by atoms with Gasteiger partial charge < -0.3 is 10.2 Å². The Morgan fingerprint density at radius 1 is 1.35 bits per heavy atom. The largest absolute Gasteiger partial charge is 0.341 e. The van der Waals surface area contributed by atoms with Crippen LogP contribution < -0.4 is 15.8 Å². The molecule has 0 spiro atoms. The first kappa shape index (κ1) is 10.7. The number of fused-ring (bicyclic) bond motifs is 1. The van der Waals surface area contributed by atoms with Crippen molar-refractivity contribution in [3.8, 4) is 0 Å². The van der Waals surface area contributed by atoms with E-state index in [2.05, 4.69) is 20.2 Å². The molecule has 0 unspecified atom stereocenters. The normalized spacial score (nSPS) is 17.3. The maximum atomic E-state index is 11.9. The third-order valence-electron chi connectivity index (χ3n) is 2.96. The van der Waals surface area contributed by atoms with Crippen molar-refractivity contribution in [2.75, 3.05) is 31.1 Å². The van der Waals surface area contributed by atoms with E-state index in [1.54, 1.807) is 0 Å². The predicted octanol–water partition coefficient (Wildman–Crippen LogP) is 0.784. The number of hydrogen-bond donors (Lipinski definition) is 2. The van der Waals surface area contributed by atoms with Gasteiger partial charge >= 0.3 is 0 Å². The van der Waals surface area contributed by atoms with E-state index in [-0.39, 0.29) is 5.56 Å². The first-order valence-corrected chi connectivity index (χ1v) is 6.66. The lowest BCUT2D eigenvalue weighted by Gasteiger charge is -2.19. The van der Waals surface area contributed by atoms with Gasteiger partial charge in [0.15, 0.2) is 0 Å². The van der Waals surface area contributed by atoms with E-state index in [4.69, 9.17) is 0 Å². The van der Waals surface area contributed by atoms with Crippen molar-refractivity contribution in [2.24, 2.45) is 0 Å². The highest BCUT2D eigenvalue weighted by Crippen LogP contribution is 2.17. The van der Waals surface area contributed by atoms with Gasteiger partial charge in [-0.2, -0.15) is 0 Å². The average molecular weight is 250 g/mol.